The van der Waals surface area contributed by atoms with Crippen molar-refractivity contribution < 1.29 is 18.7 Å². The highest BCUT2D eigenvalue weighted by atomic mass is 19.1. The maximum atomic E-state index is 14.0. The maximum Gasteiger partial charge on any atom is 0.494 e. The number of hydrogen-bond donors (Lipinski definition) is 1. The molecule has 1 aromatic rings. The predicted molar refractivity (Wildman–Crippen MR) is 79.7 cm³/mol. The van der Waals surface area contributed by atoms with Crippen molar-refractivity contribution in [2.75, 3.05) is 0 Å². The molecule has 1 saturated heterocycles. The number of benzene rings is 1. The van der Waals surface area contributed by atoms with Gasteiger partial charge in [-0.2, -0.15) is 0 Å². The Morgan fingerprint density at radius 3 is 2.20 bits per heavy atom. The van der Waals surface area contributed by atoms with E-state index in [1.165, 1.54) is 6.07 Å². The van der Waals surface area contributed by atoms with Gasteiger partial charge < -0.3 is 14.3 Å². The summed E-state index contributed by atoms with van der Waals surface area (Å²) in [6, 6.07) is 4.91. The average Bonchev–Trinajstić information content (AvgIpc) is 2.50. The van der Waals surface area contributed by atoms with Crippen LogP contribution in [0.25, 0.3) is 0 Å². The molecular weight excluding hydrogens is 257 g/mol. The molecule has 3 nitrogen and oxygen atoms in total. The highest BCUT2D eigenvalue weighted by molar-refractivity contribution is 6.62. The van der Waals surface area contributed by atoms with E-state index in [2.05, 4.69) is 0 Å². The quantitative estimate of drug-likeness (QED) is 0.857. The van der Waals surface area contributed by atoms with E-state index in [1.807, 2.05) is 27.7 Å². The third-order valence-electron chi connectivity index (χ3n) is 4.12. The first-order valence-corrected chi connectivity index (χ1v) is 6.94. The van der Waals surface area contributed by atoms with Gasteiger partial charge in [-0.1, -0.05) is 19.0 Å². The van der Waals surface area contributed by atoms with E-state index in [0.29, 0.717) is 17.3 Å². The number of rotatable bonds is 3. The summed E-state index contributed by atoms with van der Waals surface area (Å²) in [7, 11) is -0.560. The Labute approximate surface area is 120 Å². The smallest absolute Gasteiger partial charge is 0.450 e. The molecule has 2 rings (SSSR count). The van der Waals surface area contributed by atoms with Gasteiger partial charge >= 0.3 is 7.12 Å². The van der Waals surface area contributed by atoms with Crippen molar-refractivity contribution in [2.24, 2.45) is 0 Å². The van der Waals surface area contributed by atoms with Crippen molar-refractivity contribution in [1.82, 2.24) is 0 Å². The number of hydrogen-bond acceptors (Lipinski definition) is 3. The minimum Gasteiger partial charge on any atom is -0.450 e. The fourth-order valence-electron chi connectivity index (χ4n) is 2.17. The van der Waals surface area contributed by atoms with Gasteiger partial charge in [0, 0.05) is 0 Å². The first kappa shape index (κ1) is 15.5. The summed E-state index contributed by atoms with van der Waals surface area (Å²) < 4.78 is 25.8. The first-order valence-electron chi connectivity index (χ1n) is 6.94. The Morgan fingerprint density at radius 2 is 1.75 bits per heavy atom. The van der Waals surface area contributed by atoms with Gasteiger partial charge in [-0.3, -0.25) is 0 Å². The van der Waals surface area contributed by atoms with Crippen molar-refractivity contribution in [1.29, 1.82) is 0 Å². The Morgan fingerprint density at radius 1 is 1.20 bits per heavy atom. The molecule has 1 aliphatic heterocycles. The van der Waals surface area contributed by atoms with E-state index in [0.717, 1.165) is 0 Å². The normalized spacial score (nSPS) is 20.2. The van der Waals surface area contributed by atoms with Crippen LogP contribution in [0, 0.1) is 5.82 Å². The minimum absolute atomic E-state index is 0.301. The fourth-order valence-corrected chi connectivity index (χ4v) is 2.17. The Balaban J connectivity index is 2.22. The van der Waals surface area contributed by atoms with Crippen LogP contribution in [0.4, 0.5) is 4.39 Å². The van der Waals surface area contributed by atoms with Gasteiger partial charge in [0.05, 0.1) is 11.2 Å². The second kappa shape index (κ2) is 5.17. The van der Waals surface area contributed by atoms with Gasteiger partial charge in [-0.05, 0) is 51.1 Å². The fraction of sp³-hybridized carbons (Fsp3) is 0.571. The van der Waals surface area contributed by atoms with E-state index >= 15 is 0 Å². The first-order chi connectivity index (χ1) is 9.12. The van der Waals surface area contributed by atoms with Crippen LogP contribution >= 0.6 is 0 Å². The molecule has 1 fully saturated rings. The van der Waals surface area contributed by atoms with E-state index in [1.54, 1.807) is 19.0 Å². The topological polar surface area (TPSA) is 38.7 Å². The molecule has 1 aromatic carbocycles. The minimum atomic E-state index is -0.563. The van der Waals surface area contributed by atoms with Crippen LogP contribution in [0.3, 0.4) is 0 Å². The average molecular weight is 278 g/mol. The Hall–Kier alpha value is -0.840. The lowest BCUT2D eigenvalue weighted by Gasteiger charge is -2.32. The molecule has 0 saturated carbocycles. The monoisotopic (exact) mass is 278 g/mol. The van der Waals surface area contributed by atoms with E-state index in [9.17, 15) is 9.41 Å². The molecule has 20 heavy (non-hydrogen) atoms. The van der Waals surface area contributed by atoms with Crippen LogP contribution in [0.2, 0.25) is 6.82 Å². The summed E-state index contributed by atoms with van der Waals surface area (Å²) in [5.74, 6) is -0.335. The number of halogens is 1. The summed E-state index contributed by atoms with van der Waals surface area (Å²) in [4.78, 5) is 0. The van der Waals surface area contributed by atoms with Gasteiger partial charge in [0.15, 0.2) is 0 Å². The Kier molecular flexibility index (Phi) is 4.02. The molecule has 0 spiro atoms. The standard InChI is InChI=1S/C14H21B2FO3/c1-13(2)14(3,4)20-16(19-13)11-7-6-10(9-15(5)18)12(17)8-11/h6-8,18H,9H2,1-5H3. The largest absolute Gasteiger partial charge is 0.494 e. The molecule has 0 unspecified atom stereocenters. The second-order valence-corrected chi connectivity index (χ2v) is 6.49. The van der Waals surface area contributed by atoms with E-state index in [4.69, 9.17) is 9.31 Å². The molecule has 1 heterocycles. The van der Waals surface area contributed by atoms with Crippen molar-refractivity contribution in [3.63, 3.8) is 0 Å². The van der Waals surface area contributed by atoms with Crippen LogP contribution in [-0.2, 0) is 15.6 Å². The maximum absolute atomic E-state index is 14.0. The molecule has 6 heteroatoms. The van der Waals surface area contributed by atoms with Gasteiger partial charge in [0.25, 0.3) is 6.92 Å². The zero-order chi connectivity index (χ0) is 15.1. The molecule has 0 radical (unpaired) electrons. The van der Waals surface area contributed by atoms with Gasteiger partial charge in [-0.25, -0.2) is 4.39 Å². The molecule has 0 aromatic heterocycles. The molecule has 1 N–H and O–H groups in total. The van der Waals surface area contributed by atoms with Crippen molar-refractivity contribution in [3.05, 3.63) is 29.6 Å². The van der Waals surface area contributed by atoms with Gasteiger partial charge in [0.2, 0.25) is 0 Å². The molecule has 0 amide bonds. The van der Waals surface area contributed by atoms with Crippen molar-refractivity contribution in [2.45, 2.75) is 52.0 Å². The van der Waals surface area contributed by atoms with Gasteiger partial charge in [-0.15, -0.1) is 0 Å². The van der Waals surface area contributed by atoms with Crippen LogP contribution in [0.1, 0.15) is 33.3 Å². The van der Waals surface area contributed by atoms with Crippen molar-refractivity contribution >= 4 is 19.5 Å². The second-order valence-electron chi connectivity index (χ2n) is 6.49. The highest BCUT2D eigenvalue weighted by Crippen LogP contribution is 2.36. The lowest BCUT2D eigenvalue weighted by Crippen LogP contribution is -2.41. The summed E-state index contributed by atoms with van der Waals surface area (Å²) >= 11 is 0. The summed E-state index contributed by atoms with van der Waals surface area (Å²) in [5, 5.41) is 9.33. The molecule has 0 aliphatic carbocycles. The lowest BCUT2D eigenvalue weighted by atomic mass is 9.65. The predicted octanol–water partition coefficient (Wildman–Crippen LogP) is 1.82. The zero-order valence-corrected chi connectivity index (χ0v) is 12.7. The third kappa shape index (κ3) is 2.92. The van der Waals surface area contributed by atoms with Crippen molar-refractivity contribution in [3.8, 4) is 0 Å². The summed E-state index contributed by atoms with van der Waals surface area (Å²) in [6.07, 6.45) is 0.301. The summed E-state index contributed by atoms with van der Waals surface area (Å²) in [5.41, 5.74) is 0.287. The molecule has 0 bridgehead atoms. The van der Waals surface area contributed by atoms with Gasteiger partial charge in [0.1, 0.15) is 5.82 Å². The van der Waals surface area contributed by atoms with Crippen LogP contribution in [-0.4, -0.2) is 30.3 Å². The third-order valence-corrected chi connectivity index (χ3v) is 4.12. The zero-order valence-electron chi connectivity index (χ0n) is 12.7. The molecule has 108 valence electrons. The van der Waals surface area contributed by atoms with E-state index in [-0.39, 0.29) is 5.82 Å². The van der Waals surface area contributed by atoms with Crippen LogP contribution in [0.15, 0.2) is 18.2 Å². The molecular formula is C14H21B2FO3. The Bertz CT molecular complexity index is 487. The summed E-state index contributed by atoms with van der Waals surface area (Å²) in [6.45, 7) is 8.93. The molecule has 1 aliphatic rings. The van der Waals surface area contributed by atoms with Crippen LogP contribution in [0.5, 0.6) is 0 Å². The SMILES string of the molecule is CB(O)Cc1ccc(B2OC(C)(C)C(C)(C)O2)cc1F. The van der Waals surface area contributed by atoms with Crippen LogP contribution < -0.4 is 5.46 Å². The highest BCUT2D eigenvalue weighted by Gasteiger charge is 2.51. The molecule has 0 atom stereocenters. The lowest BCUT2D eigenvalue weighted by molar-refractivity contribution is 0.00578. The van der Waals surface area contributed by atoms with E-state index < -0.39 is 25.2 Å².